The van der Waals surface area contributed by atoms with Crippen molar-refractivity contribution in [3.63, 3.8) is 0 Å². The van der Waals surface area contributed by atoms with Gasteiger partial charge in [0.05, 0.1) is 17.9 Å². The van der Waals surface area contributed by atoms with Crippen LogP contribution in [0.2, 0.25) is 0 Å². The molecule has 2 amide bonds. The van der Waals surface area contributed by atoms with Crippen LogP contribution in [-0.4, -0.2) is 88.4 Å². The molecular formula is C24H25F3N8O4S. The van der Waals surface area contributed by atoms with E-state index in [0.717, 1.165) is 10.4 Å². The second-order valence-corrected chi connectivity index (χ2v) is 11.1. The first kappa shape index (κ1) is 27.4. The van der Waals surface area contributed by atoms with Gasteiger partial charge < -0.3 is 18.6 Å². The molecule has 4 heterocycles. The minimum Gasteiger partial charge on any atom is -0.415 e. The van der Waals surface area contributed by atoms with Crippen LogP contribution < -0.4 is 4.31 Å². The lowest BCUT2D eigenvalue weighted by Gasteiger charge is -2.37. The zero-order valence-corrected chi connectivity index (χ0v) is 22.3. The maximum absolute atomic E-state index is 14.2. The van der Waals surface area contributed by atoms with Crippen molar-refractivity contribution in [3.8, 4) is 11.5 Å². The lowest BCUT2D eigenvalue weighted by molar-refractivity contribution is 0.116. The number of urea groups is 1. The SMILES string of the molecule is CN(C)C(=O)N1CCN(S(=O)(=O)N(Cc2cn3ccc(-c4nnc(C(F)F)o4)cc3n2)c2cccc(F)c2)CC1. The van der Waals surface area contributed by atoms with Gasteiger partial charge >= 0.3 is 22.7 Å². The Bertz CT molecular complexity index is 1630. The van der Waals surface area contributed by atoms with Crippen molar-refractivity contribution in [3.05, 3.63) is 66.2 Å². The first-order chi connectivity index (χ1) is 19.0. The number of benzene rings is 1. The van der Waals surface area contributed by atoms with Gasteiger partial charge in [0.15, 0.2) is 0 Å². The van der Waals surface area contributed by atoms with Crippen molar-refractivity contribution in [1.29, 1.82) is 0 Å². The predicted molar refractivity (Wildman–Crippen MR) is 137 cm³/mol. The number of imidazole rings is 1. The van der Waals surface area contributed by atoms with Crippen LogP contribution >= 0.6 is 0 Å². The van der Waals surface area contributed by atoms with E-state index >= 15 is 0 Å². The Hall–Kier alpha value is -4.18. The number of hydrogen-bond donors (Lipinski definition) is 0. The third-order valence-corrected chi connectivity index (χ3v) is 8.20. The van der Waals surface area contributed by atoms with E-state index < -0.39 is 28.3 Å². The number of carbonyl (C=O) groups excluding carboxylic acids is 1. The Kier molecular flexibility index (Phi) is 7.37. The second-order valence-electron chi connectivity index (χ2n) is 9.22. The highest BCUT2D eigenvalue weighted by Crippen LogP contribution is 2.27. The van der Waals surface area contributed by atoms with Gasteiger partial charge in [0.2, 0.25) is 5.89 Å². The third-order valence-electron chi connectivity index (χ3n) is 6.28. The van der Waals surface area contributed by atoms with E-state index in [4.69, 9.17) is 4.42 Å². The average molecular weight is 579 g/mol. The predicted octanol–water partition coefficient (Wildman–Crippen LogP) is 3.01. The smallest absolute Gasteiger partial charge is 0.319 e. The van der Waals surface area contributed by atoms with Crippen LogP contribution in [0.5, 0.6) is 0 Å². The molecule has 0 unspecified atom stereocenters. The summed E-state index contributed by atoms with van der Waals surface area (Å²) in [5.41, 5.74) is 1.17. The summed E-state index contributed by atoms with van der Waals surface area (Å²) >= 11 is 0. The van der Waals surface area contributed by atoms with E-state index in [2.05, 4.69) is 15.2 Å². The Morgan fingerprint density at radius 3 is 2.50 bits per heavy atom. The summed E-state index contributed by atoms with van der Waals surface area (Å²) in [6, 6.07) is 8.11. The maximum Gasteiger partial charge on any atom is 0.319 e. The van der Waals surface area contributed by atoms with Gasteiger partial charge in [-0.1, -0.05) is 6.07 Å². The molecule has 0 atom stereocenters. The molecule has 1 aliphatic heterocycles. The molecule has 0 spiro atoms. The third kappa shape index (κ3) is 5.44. The monoisotopic (exact) mass is 578 g/mol. The number of amides is 2. The average Bonchev–Trinajstić information content (AvgIpc) is 3.58. The molecular weight excluding hydrogens is 553 g/mol. The fourth-order valence-corrected chi connectivity index (χ4v) is 5.88. The second kappa shape index (κ2) is 10.8. The molecule has 0 radical (unpaired) electrons. The summed E-state index contributed by atoms with van der Waals surface area (Å²) in [4.78, 5) is 19.8. The Balaban J connectivity index is 1.43. The highest BCUT2D eigenvalue weighted by atomic mass is 32.2. The molecule has 0 aliphatic carbocycles. The van der Waals surface area contributed by atoms with E-state index in [1.165, 1.54) is 33.5 Å². The fourth-order valence-electron chi connectivity index (χ4n) is 4.30. The van der Waals surface area contributed by atoms with Crippen LogP contribution in [0.25, 0.3) is 17.1 Å². The summed E-state index contributed by atoms with van der Waals surface area (Å²) in [6.07, 6.45) is 0.290. The van der Waals surface area contributed by atoms with Gasteiger partial charge in [0, 0.05) is 58.2 Å². The van der Waals surface area contributed by atoms with Crippen molar-refractivity contribution < 1.29 is 30.8 Å². The molecule has 1 fully saturated rings. The Morgan fingerprint density at radius 2 is 1.85 bits per heavy atom. The largest absolute Gasteiger partial charge is 0.415 e. The van der Waals surface area contributed by atoms with E-state index in [0.29, 0.717) is 16.9 Å². The van der Waals surface area contributed by atoms with Gasteiger partial charge in [0.25, 0.3) is 5.89 Å². The molecule has 12 nitrogen and oxygen atoms in total. The van der Waals surface area contributed by atoms with Crippen LogP contribution in [0.4, 0.5) is 23.7 Å². The molecule has 5 rings (SSSR count). The van der Waals surface area contributed by atoms with Crippen molar-refractivity contribution in [2.75, 3.05) is 44.6 Å². The van der Waals surface area contributed by atoms with E-state index in [9.17, 15) is 26.4 Å². The van der Waals surface area contributed by atoms with Gasteiger partial charge in [-0.25, -0.2) is 14.2 Å². The first-order valence-corrected chi connectivity index (χ1v) is 13.5. The van der Waals surface area contributed by atoms with Crippen molar-refractivity contribution >= 4 is 27.6 Å². The van der Waals surface area contributed by atoms with Gasteiger partial charge in [-0.2, -0.15) is 21.5 Å². The molecule has 212 valence electrons. The zero-order valence-electron chi connectivity index (χ0n) is 21.5. The molecule has 1 aromatic carbocycles. The summed E-state index contributed by atoms with van der Waals surface area (Å²) in [6.45, 7) is 0.302. The number of rotatable bonds is 7. The van der Waals surface area contributed by atoms with Gasteiger partial charge in [0.1, 0.15) is 11.5 Å². The lowest BCUT2D eigenvalue weighted by Crippen LogP contribution is -2.55. The molecule has 1 aliphatic rings. The standard InChI is InChI=1S/C24H25F3N8O4S/c1-31(2)24(36)32-8-10-34(11-9-32)40(37,38)35(19-5-3-4-17(25)13-19)15-18-14-33-7-6-16(12-20(33)28-18)22-29-30-23(39-22)21(26)27/h3-7,12-14,21H,8-11,15H2,1-2H3. The fraction of sp³-hybridized carbons (Fsp3) is 0.333. The molecule has 1 saturated heterocycles. The molecule has 16 heteroatoms. The number of piperazine rings is 1. The molecule has 0 saturated carbocycles. The minimum absolute atomic E-state index is 0.0625. The normalized spacial score (nSPS) is 14.7. The molecule has 4 aromatic rings. The number of aromatic nitrogens is 4. The number of pyridine rings is 1. The quantitative estimate of drug-likeness (QED) is 0.331. The lowest BCUT2D eigenvalue weighted by atomic mass is 10.2. The van der Waals surface area contributed by atoms with Gasteiger partial charge in [-0.15, -0.1) is 10.2 Å². The first-order valence-electron chi connectivity index (χ1n) is 12.1. The molecule has 0 bridgehead atoms. The molecule has 0 N–H and O–H groups in total. The topological polar surface area (TPSA) is 120 Å². The summed E-state index contributed by atoms with van der Waals surface area (Å²) in [7, 11) is -0.915. The number of alkyl halides is 2. The van der Waals surface area contributed by atoms with Crippen LogP contribution in [0.15, 0.2) is 53.2 Å². The van der Waals surface area contributed by atoms with Gasteiger partial charge in [-0.3, -0.25) is 4.31 Å². The van der Waals surface area contributed by atoms with Crippen LogP contribution in [0.1, 0.15) is 18.0 Å². The van der Waals surface area contributed by atoms with Crippen LogP contribution in [-0.2, 0) is 16.8 Å². The maximum atomic E-state index is 14.2. The highest BCUT2D eigenvalue weighted by Gasteiger charge is 2.35. The summed E-state index contributed by atoms with van der Waals surface area (Å²) in [5, 5.41) is 6.96. The molecule has 40 heavy (non-hydrogen) atoms. The highest BCUT2D eigenvalue weighted by molar-refractivity contribution is 7.90. The number of carbonyl (C=O) groups is 1. The van der Waals surface area contributed by atoms with Crippen LogP contribution in [0.3, 0.4) is 0 Å². The van der Waals surface area contributed by atoms with Crippen molar-refractivity contribution in [2.45, 2.75) is 13.0 Å². The van der Waals surface area contributed by atoms with Crippen molar-refractivity contribution in [1.82, 2.24) is 33.7 Å². The Labute approximate surface area is 227 Å². The number of anilines is 1. The number of nitrogens with zero attached hydrogens (tertiary/aromatic N) is 8. The molecule has 3 aromatic heterocycles. The van der Waals surface area contributed by atoms with E-state index in [-0.39, 0.29) is 50.3 Å². The van der Waals surface area contributed by atoms with Crippen LogP contribution in [0, 0.1) is 5.82 Å². The van der Waals surface area contributed by atoms with Gasteiger partial charge in [-0.05, 0) is 30.3 Å². The number of halogens is 3. The number of hydrogen-bond acceptors (Lipinski definition) is 7. The summed E-state index contributed by atoms with van der Waals surface area (Å²) in [5.74, 6) is -1.53. The van der Waals surface area contributed by atoms with E-state index in [1.807, 2.05) is 0 Å². The number of fused-ring (bicyclic) bond motifs is 1. The van der Waals surface area contributed by atoms with Crippen molar-refractivity contribution in [2.24, 2.45) is 0 Å². The minimum atomic E-state index is -4.16. The Morgan fingerprint density at radius 1 is 1.10 bits per heavy atom. The van der Waals surface area contributed by atoms with E-state index in [1.54, 1.807) is 41.9 Å². The zero-order chi connectivity index (χ0) is 28.6. The summed E-state index contributed by atoms with van der Waals surface area (Å²) < 4.78 is 76.4.